The smallest absolute Gasteiger partial charge is 0.197 e. The number of phenols is 1. The summed E-state index contributed by atoms with van der Waals surface area (Å²) in [6.07, 6.45) is 1.69. The number of carbonyl (C=O) groups excluding carboxylic acids is 1. The molecular weight excluding hydrogens is 554 g/mol. The molecule has 1 aromatic heterocycles. The van der Waals surface area contributed by atoms with E-state index in [0.29, 0.717) is 24.7 Å². The van der Waals surface area contributed by atoms with Crippen molar-refractivity contribution in [3.63, 3.8) is 0 Å². The van der Waals surface area contributed by atoms with Gasteiger partial charge in [-0.3, -0.25) is 4.79 Å². The Bertz CT molecular complexity index is 963. The van der Waals surface area contributed by atoms with Crippen LogP contribution in [0.2, 0.25) is 0 Å². The minimum absolute atomic E-state index is 0.0424. The van der Waals surface area contributed by atoms with Crippen LogP contribution >= 0.6 is 45.2 Å². The van der Waals surface area contributed by atoms with E-state index in [1.807, 2.05) is 24.3 Å². The fourth-order valence-corrected chi connectivity index (χ4v) is 4.64. The number of halogens is 2. The first kappa shape index (κ1) is 19.7. The molecule has 0 aliphatic rings. The molecule has 0 aliphatic carbocycles. The topological polar surface area (TPSA) is 50.4 Å². The van der Waals surface area contributed by atoms with E-state index in [4.69, 9.17) is 4.42 Å². The zero-order valence-electron chi connectivity index (χ0n) is 14.9. The van der Waals surface area contributed by atoms with Gasteiger partial charge in [-0.15, -0.1) is 0 Å². The van der Waals surface area contributed by atoms with Gasteiger partial charge in [-0.2, -0.15) is 0 Å². The van der Waals surface area contributed by atoms with E-state index < -0.39 is 0 Å². The van der Waals surface area contributed by atoms with Crippen molar-refractivity contribution in [1.82, 2.24) is 0 Å². The number of furan rings is 1. The molecule has 0 spiro atoms. The maximum atomic E-state index is 13.4. The summed E-state index contributed by atoms with van der Waals surface area (Å²) in [7, 11) is 0. The van der Waals surface area contributed by atoms with Gasteiger partial charge in [0, 0.05) is 17.4 Å². The number of hydrogen-bond donors (Lipinski definition) is 1. The maximum absolute atomic E-state index is 13.4. The van der Waals surface area contributed by atoms with E-state index in [0.717, 1.165) is 23.2 Å². The highest BCUT2D eigenvalue weighted by atomic mass is 127. The molecule has 0 saturated heterocycles. The fraction of sp³-hybridized carbons (Fsp3) is 0.286. The molecule has 0 unspecified atom stereocenters. The highest BCUT2D eigenvalue weighted by Gasteiger charge is 2.27. The number of ketones is 1. The zero-order valence-corrected chi connectivity index (χ0v) is 19.2. The Hall–Kier alpha value is -1.09. The first-order chi connectivity index (χ1) is 12.2. The van der Waals surface area contributed by atoms with Gasteiger partial charge in [0.25, 0.3) is 0 Å². The Morgan fingerprint density at radius 1 is 1.15 bits per heavy atom. The molecule has 1 heterocycles. The number of phenolic OH excluding ortho intramolecular Hbond substituents is 1. The Balaban J connectivity index is 2.18. The van der Waals surface area contributed by atoms with E-state index >= 15 is 0 Å². The molecule has 0 radical (unpaired) electrons. The summed E-state index contributed by atoms with van der Waals surface area (Å²) in [6, 6.07) is 11.1. The molecule has 0 fully saturated rings. The lowest BCUT2D eigenvalue weighted by Gasteiger charge is -2.21. The van der Waals surface area contributed by atoms with Crippen LogP contribution < -0.4 is 0 Å². The summed E-state index contributed by atoms with van der Waals surface area (Å²) in [5, 5.41) is 10.9. The standard InChI is InChI=1S/C21H20I2O3/c1-4-21(2,3)11-17-18(13-7-5-6-8-16(13)26-17)19(24)12-9-14(22)20(25)15(23)10-12/h5-10,25H,4,11H2,1-3H3. The molecule has 1 N–H and O–H groups in total. The summed E-state index contributed by atoms with van der Waals surface area (Å²) >= 11 is 4.10. The normalized spacial score (nSPS) is 11.9. The van der Waals surface area contributed by atoms with Gasteiger partial charge >= 0.3 is 0 Å². The Morgan fingerprint density at radius 3 is 2.38 bits per heavy atom. The molecular formula is C21H20I2O3. The van der Waals surface area contributed by atoms with E-state index in [1.165, 1.54) is 0 Å². The number of benzene rings is 2. The van der Waals surface area contributed by atoms with Gasteiger partial charge in [0.05, 0.1) is 12.7 Å². The van der Waals surface area contributed by atoms with Crippen LogP contribution in [-0.4, -0.2) is 10.9 Å². The second-order valence-electron chi connectivity index (χ2n) is 7.21. The predicted molar refractivity (Wildman–Crippen MR) is 121 cm³/mol. The lowest BCUT2D eigenvalue weighted by atomic mass is 9.84. The summed E-state index contributed by atoms with van der Waals surface area (Å²) < 4.78 is 7.43. The van der Waals surface area contributed by atoms with E-state index in [9.17, 15) is 9.90 Å². The van der Waals surface area contributed by atoms with E-state index in [1.54, 1.807) is 12.1 Å². The van der Waals surface area contributed by atoms with Crippen molar-refractivity contribution in [2.24, 2.45) is 5.41 Å². The third-order valence-corrected chi connectivity index (χ3v) is 6.42. The first-order valence-corrected chi connectivity index (χ1v) is 10.6. The predicted octanol–water partition coefficient (Wildman–Crippen LogP) is 6.56. The summed E-state index contributed by atoms with van der Waals surface area (Å²) in [4.78, 5) is 13.4. The lowest BCUT2D eigenvalue weighted by molar-refractivity contribution is 0.103. The minimum atomic E-state index is -0.0623. The molecule has 0 aliphatic heterocycles. The number of carbonyl (C=O) groups is 1. The second kappa shape index (κ2) is 7.50. The third-order valence-electron chi connectivity index (χ3n) is 4.77. The Kier molecular flexibility index (Phi) is 5.67. The van der Waals surface area contributed by atoms with Crippen molar-refractivity contribution in [1.29, 1.82) is 0 Å². The van der Waals surface area contributed by atoms with Crippen LogP contribution in [0.3, 0.4) is 0 Å². The van der Waals surface area contributed by atoms with E-state index in [-0.39, 0.29) is 16.9 Å². The van der Waals surface area contributed by atoms with Crippen LogP contribution in [0, 0.1) is 12.6 Å². The van der Waals surface area contributed by atoms with Crippen LogP contribution in [0.15, 0.2) is 40.8 Å². The monoisotopic (exact) mass is 574 g/mol. The van der Waals surface area contributed by atoms with Crippen molar-refractivity contribution < 1.29 is 14.3 Å². The number of para-hydroxylation sites is 1. The Morgan fingerprint density at radius 2 is 1.77 bits per heavy atom. The molecule has 5 heteroatoms. The molecule has 26 heavy (non-hydrogen) atoms. The van der Waals surface area contributed by atoms with Crippen molar-refractivity contribution in [3.05, 3.63) is 60.4 Å². The first-order valence-electron chi connectivity index (χ1n) is 8.46. The molecule has 3 rings (SSSR count). The molecule has 136 valence electrons. The largest absolute Gasteiger partial charge is 0.506 e. The SMILES string of the molecule is CCC(C)(C)Cc1oc2ccccc2c1C(=O)c1cc(I)c(O)c(I)c1. The number of aromatic hydroxyl groups is 1. The molecule has 3 nitrogen and oxygen atoms in total. The molecule has 0 amide bonds. The average molecular weight is 574 g/mol. The van der Waals surface area contributed by atoms with Crippen LogP contribution in [0.4, 0.5) is 0 Å². The summed E-state index contributed by atoms with van der Waals surface area (Å²) in [6.45, 7) is 6.51. The Labute approximate surface area is 180 Å². The van der Waals surface area contributed by atoms with Gasteiger partial charge in [0.2, 0.25) is 0 Å². The van der Waals surface area contributed by atoms with Crippen LogP contribution in [0.5, 0.6) is 5.75 Å². The van der Waals surface area contributed by atoms with Crippen LogP contribution in [-0.2, 0) is 6.42 Å². The molecule has 0 atom stereocenters. The number of rotatable bonds is 5. The van der Waals surface area contributed by atoms with Gasteiger partial charge in [0.1, 0.15) is 17.1 Å². The second-order valence-corrected chi connectivity index (χ2v) is 9.53. The molecule has 2 aromatic carbocycles. The van der Waals surface area contributed by atoms with Crippen molar-refractivity contribution in [2.75, 3.05) is 0 Å². The van der Waals surface area contributed by atoms with Crippen molar-refractivity contribution in [2.45, 2.75) is 33.6 Å². The highest BCUT2D eigenvalue weighted by molar-refractivity contribution is 14.1. The van der Waals surface area contributed by atoms with Gasteiger partial charge in [-0.1, -0.05) is 45.4 Å². The van der Waals surface area contributed by atoms with Gasteiger partial charge in [0.15, 0.2) is 5.78 Å². The number of fused-ring (bicyclic) bond motifs is 1. The lowest BCUT2D eigenvalue weighted by Crippen LogP contribution is -2.15. The average Bonchev–Trinajstić information content (AvgIpc) is 2.95. The van der Waals surface area contributed by atoms with E-state index in [2.05, 4.69) is 66.0 Å². The summed E-state index contributed by atoms with van der Waals surface area (Å²) in [5.74, 6) is 0.890. The van der Waals surface area contributed by atoms with Crippen LogP contribution in [0.1, 0.15) is 48.9 Å². The highest BCUT2D eigenvalue weighted by Crippen LogP contribution is 2.35. The molecule has 3 aromatic rings. The minimum Gasteiger partial charge on any atom is -0.506 e. The van der Waals surface area contributed by atoms with Crippen LogP contribution in [0.25, 0.3) is 11.0 Å². The van der Waals surface area contributed by atoms with Gasteiger partial charge < -0.3 is 9.52 Å². The van der Waals surface area contributed by atoms with Gasteiger partial charge in [-0.05, 0) is 68.8 Å². The third kappa shape index (κ3) is 3.78. The zero-order chi connectivity index (χ0) is 19.1. The molecule has 0 saturated carbocycles. The van der Waals surface area contributed by atoms with Gasteiger partial charge in [-0.25, -0.2) is 0 Å². The maximum Gasteiger partial charge on any atom is 0.197 e. The fourth-order valence-electron chi connectivity index (χ4n) is 2.87. The number of hydrogen-bond acceptors (Lipinski definition) is 3. The summed E-state index contributed by atoms with van der Waals surface area (Å²) in [5.41, 5.74) is 1.99. The van der Waals surface area contributed by atoms with Crippen molar-refractivity contribution >= 4 is 61.9 Å². The quantitative estimate of drug-likeness (QED) is 0.278. The van der Waals surface area contributed by atoms with Crippen molar-refractivity contribution in [3.8, 4) is 5.75 Å². The molecule has 0 bridgehead atoms.